The van der Waals surface area contributed by atoms with Crippen molar-refractivity contribution in [3.05, 3.63) is 24.2 Å². The van der Waals surface area contributed by atoms with E-state index in [1.54, 1.807) is 10.9 Å². The largest absolute Gasteiger partial charge is 0.275 e. The lowest BCUT2D eigenvalue weighted by molar-refractivity contribution is 0.612. The quantitative estimate of drug-likeness (QED) is 0.936. The number of fused-ring (bicyclic) bond motifs is 1. The highest BCUT2D eigenvalue weighted by molar-refractivity contribution is 7.84. The summed E-state index contributed by atoms with van der Waals surface area (Å²) in [5.41, 5.74) is 1.74. The molecular formula is C13H20N4OS. The molecule has 0 amide bonds. The fourth-order valence-electron chi connectivity index (χ4n) is 1.70. The Kier molecular flexibility index (Phi) is 3.73. The number of rotatable bonds is 3. The monoisotopic (exact) mass is 280 g/mol. The van der Waals surface area contributed by atoms with Crippen LogP contribution >= 0.6 is 0 Å². The molecule has 104 valence electrons. The maximum absolute atomic E-state index is 12.1. The smallest absolute Gasteiger partial charge is 0.111 e. The van der Waals surface area contributed by atoms with Gasteiger partial charge in [-0.25, -0.2) is 8.93 Å². The first kappa shape index (κ1) is 14.1. The van der Waals surface area contributed by atoms with Crippen LogP contribution in [0, 0.1) is 0 Å². The maximum atomic E-state index is 12.1. The molecule has 0 aliphatic carbocycles. The molecule has 6 heteroatoms. The molecule has 2 aromatic heterocycles. The van der Waals surface area contributed by atoms with Gasteiger partial charge in [0.15, 0.2) is 0 Å². The molecule has 0 radical (unpaired) electrons. The summed E-state index contributed by atoms with van der Waals surface area (Å²) < 4.78 is 16.6. The highest BCUT2D eigenvalue weighted by atomic mass is 32.2. The molecule has 0 saturated heterocycles. The van der Waals surface area contributed by atoms with Gasteiger partial charge >= 0.3 is 0 Å². The molecule has 1 N–H and O–H groups in total. The van der Waals surface area contributed by atoms with Crippen molar-refractivity contribution in [1.82, 2.24) is 19.5 Å². The van der Waals surface area contributed by atoms with Gasteiger partial charge in [-0.2, -0.15) is 5.10 Å². The number of nitrogens with one attached hydrogen (secondary N) is 1. The van der Waals surface area contributed by atoms with Crippen molar-refractivity contribution in [3.63, 3.8) is 0 Å². The summed E-state index contributed by atoms with van der Waals surface area (Å²) in [4.78, 5) is 4.38. The Morgan fingerprint density at radius 2 is 2.11 bits per heavy atom. The molecule has 0 aliphatic heterocycles. The van der Waals surface area contributed by atoms with Gasteiger partial charge in [0.2, 0.25) is 0 Å². The van der Waals surface area contributed by atoms with E-state index in [2.05, 4.69) is 14.8 Å². The molecule has 0 saturated carbocycles. The highest BCUT2D eigenvalue weighted by Crippen LogP contribution is 2.19. The fraction of sp³-hybridized carbons (Fsp3) is 0.538. The van der Waals surface area contributed by atoms with Crippen LogP contribution in [0.4, 0.5) is 0 Å². The zero-order chi connectivity index (χ0) is 14.2. The first-order chi connectivity index (χ1) is 8.77. The van der Waals surface area contributed by atoms with Crippen LogP contribution in [0.3, 0.4) is 0 Å². The van der Waals surface area contributed by atoms with Crippen LogP contribution in [-0.2, 0) is 18.0 Å². The minimum absolute atomic E-state index is 0.0651. The Balaban J connectivity index is 2.21. The van der Waals surface area contributed by atoms with E-state index in [9.17, 15) is 4.21 Å². The SMILES string of the molecule is C[C@@H](N[S@](=O)C(C)(C)C)c1cc2cn(C)nc2cn1. The van der Waals surface area contributed by atoms with Gasteiger partial charge in [-0.15, -0.1) is 0 Å². The number of pyridine rings is 1. The van der Waals surface area contributed by atoms with Crippen molar-refractivity contribution in [2.24, 2.45) is 7.05 Å². The molecule has 0 fully saturated rings. The summed E-state index contributed by atoms with van der Waals surface area (Å²) in [6.45, 7) is 7.80. The lowest BCUT2D eigenvalue weighted by Crippen LogP contribution is -2.35. The van der Waals surface area contributed by atoms with E-state index in [4.69, 9.17) is 0 Å². The van der Waals surface area contributed by atoms with Crippen LogP contribution in [0.5, 0.6) is 0 Å². The molecule has 2 heterocycles. The molecular weight excluding hydrogens is 260 g/mol. The lowest BCUT2D eigenvalue weighted by atomic mass is 10.2. The van der Waals surface area contributed by atoms with E-state index in [1.165, 1.54) is 0 Å². The van der Waals surface area contributed by atoms with Gasteiger partial charge in [0.25, 0.3) is 0 Å². The van der Waals surface area contributed by atoms with Crippen LogP contribution in [0.2, 0.25) is 0 Å². The van der Waals surface area contributed by atoms with Gasteiger partial charge in [0.1, 0.15) is 5.52 Å². The Bertz CT molecular complexity index is 615. The average molecular weight is 280 g/mol. The van der Waals surface area contributed by atoms with E-state index in [0.717, 1.165) is 16.6 Å². The molecule has 0 aromatic carbocycles. The summed E-state index contributed by atoms with van der Waals surface area (Å²) in [5.74, 6) is 0. The summed E-state index contributed by atoms with van der Waals surface area (Å²) >= 11 is 0. The Morgan fingerprint density at radius 1 is 1.42 bits per heavy atom. The van der Waals surface area contributed by atoms with Gasteiger partial charge in [-0.3, -0.25) is 9.67 Å². The van der Waals surface area contributed by atoms with Crippen molar-refractivity contribution in [1.29, 1.82) is 0 Å². The molecule has 0 aliphatic rings. The van der Waals surface area contributed by atoms with Gasteiger partial charge in [-0.05, 0) is 33.8 Å². The van der Waals surface area contributed by atoms with Crippen LogP contribution in [0.25, 0.3) is 10.9 Å². The Morgan fingerprint density at radius 3 is 2.74 bits per heavy atom. The Hall–Kier alpha value is -1.27. The standard InChI is InChI=1S/C13H20N4OS/c1-9(16-19(18)13(2,3)4)11-6-10-8-17(5)15-12(10)7-14-11/h6-9,16H,1-5H3/t9-,19-/m1/s1. The van der Waals surface area contributed by atoms with E-state index < -0.39 is 11.0 Å². The number of aromatic nitrogens is 3. The molecule has 19 heavy (non-hydrogen) atoms. The second-order valence-electron chi connectivity index (χ2n) is 5.69. The zero-order valence-electron chi connectivity index (χ0n) is 12.0. The first-order valence-corrected chi connectivity index (χ1v) is 7.39. The van der Waals surface area contributed by atoms with Crippen molar-refractivity contribution >= 4 is 21.9 Å². The topological polar surface area (TPSA) is 59.8 Å². The van der Waals surface area contributed by atoms with Crippen molar-refractivity contribution in [3.8, 4) is 0 Å². The van der Waals surface area contributed by atoms with Gasteiger partial charge in [0, 0.05) is 18.6 Å². The van der Waals surface area contributed by atoms with Crippen molar-refractivity contribution < 1.29 is 4.21 Å². The van der Waals surface area contributed by atoms with Gasteiger partial charge < -0.3 is 0 Å². The van der Waals surface area contributed by atoms with Crippen molar-refractivity contribution in [2.45, 2.75) is 38.5 Å². The molecule has 5 nitrogen and oxygen atoms in total. The minimum Gasteiger partial charge on any atom is -0.275 e. The third-order valence-electron chi connectivity index (χ3n) is 2.81. The highest BCUT2D eigenvalue weighted by Gasteiger charge is 2.22. The van der Waals surface area contributed by atoms with E-state index in [0.29, 0.717) is 0 Å². The van der Waals surface area contributed by atoms with E-state index in [-0.39, 0.29) is 10.8 Å². The predicted molar refractivity (Wildman–Crippen MR) is 78.0 cm³/mol. The summed E-state index contributed by atoms with van der Waals surface area (Å²) in [7, 11) is 0.778. The Labute approximate surface area is 116 Å². The normalized spacial score (nSPS) is 15.6. The number of hydrogen-bond acceptors (Lipinski definition) is 3. The zero-order valence-corrected chi connectivity index (χ0v) is 12.8. The average Bonchev–Trinajstić information content (AvgIpc) is 2.66. The third kappa shape index (κ3) is 3.19. The molecule has 0 spiro atoms. The van der Waals surface area contributed by atoms with Gasteiger partial charge in [0.05, 0.1) is 33.7 Å². The van der Waals surface area contributed by atoms with Crippen LogP contribution in [0.1, 0.15) is 39.4 Å². The minimum atomic E-state index is -1.11. The molecule has 0 bridgehead atoms. The summed E-state index contributed by atoms with van der Waals surface area (Å²) in [6.07, 6.45) is 3.71. The number of hydrogen-bond donors (Lipinski definition) is 1. The third-order valence-corrected chi connectivity index (χ3v) is 4.49. The van der Waals surface area contributed by atoms with Gasteiger partial charge in [-0.1, -0.05) is 0 Å². The summed E-state index contributed by atoms with van der Waals surface area (Å²) in [5, 5.41) is 5.33. The maximum Gasteiger partial charge on any atom is 0.111 e. The van der Waals surface area contributed by atoms with Crippen LogP contribution < -0.4 is 4.72 Å². The second kappa shape index (κ2) is 5.02. The second-order valence-corrected chi connectivity index (χ2v) is 7.69. The van der Waals surface area contributed by atoms with Crippen LogP contribution in [0.15, 0.2) is 18.5 Å². The molecule has 0 unspecified atom stereocenters. The van der Waals surface area contributed by atoms with Crippen LogP contribution in [-0.4, -0.2) is 23.7 Å². The molecule has 2 atom stereocenters. The molecule has 2 rings (SSSR count). The van der Waals surface area contributed by atoms with E-state index >= 15 is 0 Å². The fourth-order valence-corrected chi connectivity index (χ4v) is 2.50. The van der Waals surface area contributed by atoms with E-state index in [1.807, 2.05) is 47.0 Å². The predicted octanol–water partition coefficient (Wildman–Crippen LogP) is 2.08. The first-order valence-electron chi connectivity index (χ1n) is 6.25. The van der Waals surface area contributed by atoms with Crippen molar-refractivity contribution in [2.75, 3.05) is 0 Å². The molecule has 2 aromatic rings. The number of nitrogens with zero attached hydrogens (tertiary/aromatic N) is 3. The summed E-state index contributed by atoms with van der Waals surface area (Å²) in [6, 6.07) is 1.92. The number of aryl methyl sites for hydroxylation is 1. The lowest BCUT2D eigenvalue weighted by Gasteiger charge is -2.21.